The number of alkyl halides is 1. The van der Waals surface area contributed by atoms with Gasteiger partial charge in [0.1, 0.15) is 5.75 Å². The first-order valence-corrected chi connectivity index (χ1v) is 7.81. The van der Waals surface area contributed by atoms with Crippen LogP contribution >= 0.6 is 27.5 Å². The first kappa shape index (κ1) is 14.7. The van der Waals surface area contributed by atoms with Gasteiger partial charge in [-0.25, -0.2) is 0 Å². The summed E-state index contributed by atoms with van der Waals surface area (Å²) in [5, 5.41) is 12.8. The molecule has 19 heavy (non-hydrogen) atoms. The number of carbonyl (C=O) groups is 1. The molecule has 1 aromatic rings. The molecule has 1 fully saturated rings. The number of rotatable bonds is 2. The van der Waals surface area contributed by atoms with Crippen LogP contribution in [0.25, 0.3) is 0 Å². The zero-order valence-corrected chi connectivity index (χ0v) is 12.9. The molecule has 104 valence electrons. The molecular weight excluding hydrogens is 330 g/mol. The molecule has 2 rings (SSSR count). The minimum absolute atomic E-state index is 0.0470. The van der Waals surface area contributed by atoms with Gasteiger partial charge in [0.25, 0.3) is 5.91 Å². The van der Waals surface area contributed by atoms with E-state index in [4.69, 9.17) is 11.6 Å². The molecule has 0 spiro atoms. The molecule has 0 radical (unpaired) electrons. The number of nitrogens with one attached hydrogen (secondary N) is 1. The van der Waals surface area contributed by atoms with Gasteiger partial charge in [0.05, 0.1) is 10.6 Å². The van der Waals surface area contributed by atoms with Crippen LogP contribution in [0.5, 0.6) is 5.75 Å². The Hall–Kier alpha value is -0.740. The van der Waals surface area contributed by atoms with Gasteiger partial charge in [-0.15, -0.1) is 0 Å². The average Bonchev–Trinajstić information content (AvgIpc) is 2.58. The van der Waals surface area contributed by atoms with E-state index in [1.165, 1.54) is 31.0 Å². The van der Waals surface area contributed by atoms with E-state index in [0.29, 0.717) is 15.4 Å². The second-order valence-electron chi connectivity index (χ2n) is 4.90. The third kappa shape index (κ3) is 3.86. The Morgan fingerprint density at radius 2 is 2.05 bits per heavy atom. The van der Waals surface area contributed by atoms with Crippen LogP contribution in [0.4, 0.5) is 0 Å². The lowest BCUT2D eigenvalue weighted by Crippen LogP contribution is -2.40. The molecule has 1 aromatic carbocycles. The third-order valence-corrected chi connectivity index (χ3v) is 4.87. The minimum atomic E-state index is -0.225. The highest BCUT2D eigenvalue weighted by Gasteiger charge is 2.24. The van der Waals surface area contributed by atoms with Gasteiger partial charge in [0, 0.05) is 10.9 Å². The molecule has 2 unspecified atom stereocenters. The zero-order chi connectivity index (χ0) is 13.8. The maximum atomic E-state index is 12.2. The molecule has 1 aliphatic rings. The largest absolute Gasteiger partial charge is 0.508 e. The molecule has 1 aliphatic carbocycles. The second-order valence-corrected chi connectivity index (χ2v) is 6.48. The summed E-state index contributed by atoms with van der Waals surface area (Å²) in [7, 11) is 0. The van der Waals surface area contributed by atoms with E-state index < -0.39 is 0 Å². The molecule has 0 saturated heterocycles. The number of amides is 1. The minimum Gasteiger partial charge on any atom is -0.508 e. The number of hydrogen-bond acceptors (Lipinski definition) is 2. The Bertz CT molecular complexity index is 467. The van der Waals surface area contributed by atoms with Crippen LogP contribution in [0.1, 0.15) is 42.5 Å². The van der Waals surface area contributed by atoms with E-state index in [-0.39, 0.29) is 17.7 Å². The van der Waals surface area contributed by atoms with Crippen LogP contribution in [0.15, 0.2) is 18.2 Å². The Balaban J connectivity index is 2.09. The molecule has 2 N–H and O–H groups in total. The molecule has 2 atom stereocenters. The Labute approximate surface area is 126 Å². The van der Waals surface area contributed by atoms with E-state index in [1.54, 1.807) is 0 Å². The maximum absolute atomic E-state index is 12.2. The van der Waals surface area contributed by atoms with Crippen molar-refractivity contribution in [1.29, 1.82) is 0 Å². The van der Waals surface area contributed by atoms with Gasteiger partial charge in [-0.2, -0.15) is 0 Å². The quantitative estimate of drug-likeness (QED) is 0.631. The maximum Gasteiger partial charge on any atom is 0.253 e. The van der Waals surface area contributed by atoms with Crippen molar-refractivity contribution >= 4 is 33.4 Å². The fourth-order valence-corrected chi connectivity index (χ4v) is 3.28. The summed E-state index contributed by atoms with van der Waals surface area (Å²) in [6.07, 6.45) is 5.56. The van der Waals surface area contributed by atoms with Gasteiger partial charge in [-0.05, 0) is 31.0 Å². The van der Waals surface area contributed by atoms with E-state index in [1.807, 2.05) is 0 Å². The normalized spacial score (nSPS) is 23.7. The van der Waals surface area contributed by atoms with E-state index in [9.17, 15) is 9.90 Å². The van der Waals surface area contributed by atoms with Crippen molar-refractivity contribution in [2.75, 3.05) is 0 Å². The monoisotopic (exact) mass is 345 g/mol. The highest BCUT2D eigenvalue weighted by molar-refractivity contribution is 9.09. The summed E-state index contributed by atoms with van der Waals surface area (Å²) in [4.78, 5) is 12.5. The molecular formula is C14H17BrClNO2. The van der Waals surface area contributed by atoms with Crippen LogP contribution in [0.3, 0.4) is 0 Å². The van der Waals surface area contributed by atoms with E-state index >= 15 is 0 Å². The average molecular weight is 347 g/mol. The predicted octanol–water partition coefficient (Wildman–Crippen LogP) is 3.87. The summed E-state index contributed by atoms with van der Waals surface area (Å²) in [5.41, 5.74) is 0.325. The summed E-state index contributed by atoms with van der Waals surface area (Å²) < 4.78 is 0. The molecule has 0 heterocycles. The highest BCUT2D eigenvalue weighted by Crippen LogP contribution is 2.25. The summed E-state index contributed by atoms with van der Waals surface area (Å²) in [6, 6.07) is 4.52. The Morgan fingerprint density at radius 1 is 1.32 bits per heavy atom. The number of aromatic hydroxyl groups is 1. The number of hydrogen-bond donors (Lipinski definition) is 2. The molecule has 1 saturated carbocycles. The van der Waals surface area contributed by atoms with Crippen molar-refractivity contribution in [3.05, 3.63) is 28.8 Å². The zero-order valence-electron chi connectivity index (χ0n) is 10.5. The van der Waals surface area contributed by atoms with Crippen molar-refractivity contribution in [1.82, 2.24) is 5.32 Å². The van der Waals surface area contributed by atoms with Crippen molar-refractivity contribution in [2.24, 2.45) is 0 Å². The second kappa shape index (κ2) is 6.62. The predicted molar refractivity (Wildman–Crippen MR) is 80.2 cm³/mol. The van der Waals surface area contributed by atoms with Crippen LogP contribution in [-0.2, 0) is 0 Å². The number of phenolic OH excluding ortho intramolecular Hbond substituents is 1. The number of phenols is 1. The number of carbonyl (C=O) groups excluding carboxylic acids is 1. The van der Waals surface area contributed by atoms with Crippen molar-refractivity contribution in [3.63, 3.8) is 0 Å². The van der Waals surface area contributed by atoms with Crippen molar-refractivity contribution < 1.29 is 9.90 Å². The first-order valence-electron chi connectivity index (χ1n) is 6.51. The highest BCUT2D eigenvalue weighted by atomic mass is 79.9. The lowest BCUT2D eigenvalue weighted by atomic mass is 10.1. The lowest BCUT2D eigenvalue weighted by Gasteiger charge is -2.21. The van der Waals surface area contributed by atoms with Crippen LogP contribution < -0.4 is 5.32 Å². The summed E-state index contributed by atoms with van der Waals surface area (Å²) >= 11 is 9.64. The molecule has 0 bridgehead atoms. The van der Waals surface area contributed by atoms with Gasteiger partial charge < -0.3 is 10.4 Å². The fourth-order valence-electron chi connectivity index (χ4n) is 2.36. The number of benzene rings is 1. The molecule has 3 nitrogen and oxygen atoms in total. The van der Waals surface area contributed by atoms with E-state index in [0.717, 1.165) is 19.3 Å². The van der Waals surface area contributed by atoms with Gasteiger partial charge in [0.15, 0.2) is 0 Å². The SMILES string of the molecule is O=C(NC1CCCCCC1Br)c1cc(O)ccc1Cl. The molecule has 0 aromatic heterocycles. The van der Waals surface area contributed by atoms with Crippen molar-refractivity contribution in [3.8, 4) is 5.75 Å². The van der Waals surface area contributed by atoms with Crippen LogP contribution in [-0.4, -0.2) is 21.9 Å². The van der Waals surface area contributed by atoms with E-state index in [2.05, 4.69) is 21.2 Å². The summed E-state index contributed by atoms with van der Waals surface area (Å²) in [5.74, 6) is -0.178. The van der Waals surface area contributed by atoms with Crippen LogP contribution in [0.2, 0.25) is 5.02 Å². The first-order chi connectivity index (χ1) is 9.08. The van der Waals surface area contributed by atoms with Crippen molar-refractivity contribution in [2.45, 2.75) is 43.0 Å². The molecule has 5 heteroatoms. The standard InChI is InChI=1S/C14H17BrClNO2/c15-11-4-2-1-3-5-13(11)17-14(19)10-8-9(18)6-7-12(10)16/h6-8,11,13,18H,1-5H2,(H,17,19). The molecule has 1 amide bonds. The van der Waals surface area contributed by atoms with Gasteiger partial charge in [-0.1, -0.05) is 46.8 Å². The Morgan fingerprint density at radius 3 is 2.84 bits per heavy atom. The smallest absolute Gasteiger partial charge is 0.253 e. The lowest BCUT2D eigenvalue weighted by molar-refractivity contribution is 0.0934. The molecule has 0 aliphatic heterocycles. The topological polar surface area (TPSA) is 49.3 Å². The summed E-state index contributed by atoms with van der Waals surface area (Å²) in [6.45, 7) is 0. The van der Waals surface area contributed by atoms with Gasteiger partial charge >= 0.3 is 0 Å². The third-order valence-electron chi connectivity index (χ3n) is 3.44. The Kier molecular flexibility index (Phi) is 5.11. The fraction of sp³-hybridized carbons (Fsp3) is 0.500. The van der Waals surface area contributed by atoms with Gasteiger partial charge in [0.2, 0.25) is 0 Å². The number of halogens is 2. The van der Waals surface area contributed by atoms with Crippen LogP contribution in [0, 0.1) is 0 Å². The van der Waals surface area contributed by atoms with Gasteiger partial charge in [-0.3, -0.25) is 4.79 Å².